The topological polar surface area (TPSA) is 92.2 Å². The largest absolute Gasteiger partial charge is 0.353 e. The summed E-state index contributed by atoms with van der Waals surface area (Å²) in [6, 6.07) is 5.22. The lowest BCUT2D eigenvalue weighted by molar-refractivity contribution is -0.123. The lowest BCUT2D eigenvalue weighted by Crippen LogP contribution is -2.51. The first-order valence-corrected chi connectivity index (χ1v) is 7.35. The van der Waals surface area contributed by atoms with Crippen LogP contribution in [0.25, 0.3) is 5.82 Å². The van der Waals surface area contributed by atoms with E-state index in [1.807, 2.05) is 19.9 Å². The Bertz CT molecular complexity index is 737. The lowest BCUT2D eigenvalue weighted by Gasteiger charge is -2.26. The normalized spacial score (nSPS) is 14.5. The predicted octanol–water partition coefficient (Wildman–Crippen LogP) is 0.848. The van der Waals surface area contributed by atoms with Crippen LogP contribution >= 0.6 is 0 Å². The minimum atomic E-state index is -0.305. The van der Waals surface area contributed by atoms with Gasteiger partial charge in [-0.1, -0.05) is 0 Å². The van der Waals surface area contributed by atoms with Crippen molar-refractivity contribution in [2.24, 2.45) is 0 Å². The second-order valence-corrected chi connectivity index (χ2v) is 5.45. The van der Waals surface area contributed by atoms with Gasteiger partial charge < -0.3 is 15.5 Å². The molecule has 0 unspecified atom stereocenters. The Labute approximate surface area is 133 Å². The van der Waals surface area contributed by atoms with E-state index < -0.39 is 0 Å². The maximum atomic E-state index is 12.1. The van der Waals surface area contributed by atoms with Crippen molar-refractivity contribution in [3.8, 4) is 5.82 Å². The van der Waals surface area contributed by atoms with E-state index in [0.29, 0.717) is 24.6 Å². The van der Waals surface area contributed by atoms with E-state index in [0.717, 1.165) is 11.4 Å². The summed E-state index contributed by atoms with van der Waals surface area (Å²) in [6.07, 6.45) is 1.58. The van der Waals surface area contributed by atoms with Gasteiger partial charge in [0.05, 0.1) is 17.6 Å². The molecule has 0 radical (unpaired) electrons. The maximum absolute atomic E-state index is 12.1. The van der Waals surface area contributed by atoms with Crippen LogP contribution < -0.4 is 10.6 Å². The smallest absolute Gasteiger partial charge is 0.322 e. The van der Waals surface area contributed by atoms with Crippen LogP contribution in [0.2, 0.25) is 0 Å². The molecule has 1 saturated heterocycles. The summed E-state index contributed by atoms with van der Waals surface area (Å²) in [6.45, 7) is 4.92. The molecule has 0 aliphatic carbocycles. The molecule has 2 N–H and O–H groups in total. The Morgan fingerprint density at radius 3 is 2.78 bits per heavy atom. The molecule has 0 atom stereocenters. The highest BCUT2D eigenvalue weighted by Crippen LogP contribution is 2.13. The molecule has 3 amide bonds. The molecule has 1 aliphatic rings. The molecule has 0 spiro atoms. The fraction of sp³-hybridized carbons (Fsp3) is 0.333. The first kappa shape index (κ1) is 15.0. The van der Waals surface area contributed by atoms with Crippen molar-refractivity contribution in [2.75, 3.05) is 25.0 Å². The number of nitrogens with zero attached hydrogens (tertiary/aromatic N) is 4. The third-order valence-electron chi connectivity index (χ3n) is 3.55. The number of hydrogen-bond acceptors (Lipinski definition) is 4. The standard InChI is InChI=1S/C15H18N6O2/c1-10-7-11(2)21(19-10)13-4-3-12(8-17-13)18-15(23)20-6-5-16-14(22)9-20/h3-4,7-8H,5-6,9H2,1-2H3,(H,16,22)(H,18,23). The first-order valence-electron chi connectivity index (χ1n) is 7.35. The summed E-state index contributed by atoms with van der Waals surface area (Å²) in [5, 5.41) is 9.79. The fourth-order valence-electron chi connectivity index (χ4n) is 2.46. The number of nitrogens with one attached hydrogen (secondary N) is 2. The Kier molecular flexibility index (Phi) is 3.96. The van der Waals surface area contributed by atoms with Gasteiger partial charge in [-0.25, -0.2) is 14.5 Å². The predicted molar refractivity (Wildman–Crippen MR) is 84.4 cm³/mol. The van der Waals surface area contributed by atoms with Gasteiger partial charge in [-0.05, 0) is 32.0 Å². The molecule has 2 aromatic heterocycles. The lowest BCUT2D eigenvalue weighted by atomic mass is 10.3. The molecule has 0 saturated carbocycles. The molecular formula is C15H18N6O2. The number of carbonyl (C=O) groups excluding carboxylic acids is 2. The number of hydrogen-bond donors (Lipinski definition) is 2. The summed E-state index contributed by atoms with van der Waals surface area (Å²) in [5.74, 6) is 0.537. The van der Waals surface area contributed by atoms with Crippen molar-refractivity contribution in [1.82, 2.24) is 25.0 Å². The molecule has 8 nitrogen and oxygen atoms in total. The average molecular weight is 314 g/mol. The number of piperazine rings is 1. The van der Waals surface area contributed by atoms with E-state index in [4.69, 9.17) is 0 Å². The van der Waals surface area contributed by atoms with Gasteiger partial charge in [-0.15, -0.1) is 0 Å². The van der Waals surface area contributed by atoms with Crippen molar-refractivity contribution >= 4 is 17.6 Å². The summed E-state index contributed by atoms with van der Waals surface area (Å²) in [4.78, 5) is 29.2. The van der Waals surface area contributed by atoms with Crippen LogP contribution in [0.4, 0.5) is 10.5 Å². The van der Waals surface area contributed by atoms with E-state index in [2.05, 4.69) is 20.7 Å². The number of anilines is 1. The van der Waals surface area contributed by atoms with Crippen LogP contribution in [0.1, 0.15) is 11.4 Å². The number of amides is 3. The van der Waals surface area contributed by atoms with E-state index in [9.17, 15) is 9.59 Å². The van der Waals surface area contributed by atoms with Crippen LogP contribution in [0.3, 0.4) is 0 Å². The molecule has 23 heavy (non-hydrogen) atoms. The van der Waals surface area contributed by atoms with Crippen molar-refractivity contribution in [3.63, 3.8) is 0 Å². The number of urea groups is 1. The van der Waals surface area contributed by atoms with E-state index >= 15 is 0 Å². The minimum absolute atomic E-state index is 0.0725. The maximum Gasteiger partial charge on any atom is 0.322 e. The number of pyridine rings is 1. The minimum Gasteiger partial charge on any atom is -0.353 e. The average Bonchev–Trinajstić information content (AvgIpc) is 2.86. The molecule has 1 aliphatic heterocycles. The zero-order chi connectivity index (χ0) is 16.4. The molecule has 120 valence electrons. The molecule has 1 fully saturated rings. The zero-order valence-corrected chi connectivity index (χ0v) is 13.0. The summed E-state index contributed by atoms with van der Waals surface area (Å²) < 4.78 is 1.75. The van der Waals surface area contributed by atoms with Crippen LogP contribution in [-0.4, -0.2) is 51.2 Å². The Hall–Kier alpha value is -2.90. The first-order chi connectivity index (χ1) is 11.0. The summed E-state index contributed by atoms with van der Waals surface area (Å²) in [7, 11) is 0. The highest BCUT2D eigenvalue weighted by molar-refractivity contribution is 5.92. The monoisotopic (exact) mass is 314 g/mol. The zero-order valence-electron chi connectivity index (χ0n) is 13.0. The number of aromatic nitrogens is 3. The molecule has 2 aromatic rings. The molecular weight excluding hydrogens is 296 g/mol. The van der Waals surface area contributed by atoms with Gasteiger partial charge in [0.15, 0.2) is 5.82 Å². The highest BCUT2D eigenvalue weighted by Gasteiger charge is 2.21. The van der Waals surface area contributed by atoms with Crippen LogP contribution in [0.5, 0.6) is 0 Å². The summed E-state index contributed by atoms with van der Waals surface area (Å²) in [5.41, 5.74) is 2.49. The highest BCUT2D eigenvalue weighted by atomic mass is 16.2. The van der Waals surface area contributed by atoms with Crippen LogP contribution in [0.15, 0.2) is 24.4 Å². The number of aryl methyl sites for hydroxylation is 2. The third-order valence-corrected chi connectivity index (χ3v) is 3.55. The van der Waals surface area contributed by atoms with Gasteiger partial charge in [0, 0.05) is 18.8 Å². The van der Waals surface area contributed by atoms with Gasteiger partial charge >= 0.3 is 6.03 Å². The van der Waals surface area contributed by atoms with Gasteiger partial charge in [0.1, 0.15) is 6.54 Å². The van der Waals surface area contributed by atoms with Gasteiger partial charge in [0.25, 0.3) is 0 Å². The van der Waals surface area contributed by atoms with Gasteiger partial charge in [0.2, 0.25) is 5.91 Å². The number of carbonyl (C=O) groups is 2. The Morgan fingerprint density at radius 2 is 2.17 bits per heavy atom. The van der Waals surface area contributed by atoms with Crippen LogP contribution in [-0.2, 0) is 4.79 Å². The van der Waals surface area contributed by atoms with Gasteiger partial charge in [-0.3, -0.25) is 4.79 Å². The third kappa shape index (κ3) is 3.31. The molecule has 0 bridgehead atoms. The fourth-order valence-corrected chi connectivity index (χ4v) is 2.46. The summed E-state index contributed by atoms with van der Waals surface area (Å²) >= 11 is 0. The van der Waals surface area contributed by atoms with E-state index in [-0.39, 0.29) is 18.5 Å². The second kappa shape index (κ2) is 6.07. The Morgan fingerprint density at radius 1 is 1.35 bits per heavy atom. The van der Waals surface area contributed by atoms with Crippen molar-refractivity contribution < 1.29 is 9.59 Å². The van der Waals surface area contributed by atoms with Crippen molar-refractivity contribution in [2.45, 2.75) is 13.8 Å². The Balaban J connectivity index is 1.69. The van der Waals surface area contributed by atoms with Crippen LogP contribution in [0, 0.1) is 13.8 Å². The molecule has 8 heteroatoms. The SMILES string of the molecule is Cc1cc(C)n(-c2ccc(NC(=O)N3CCNC(=O)C3)cn2)n1. The van der Waals surface area contributed by atoms with E-state index in [1.165, 1.54) is 4.90 Å². The van der Waals surface area contributed by atoms with Gasteiger partial charge in [-0.2, -0.15) is 5.10 Å². The second-order valence-electron chi connectivity index (χ2n) is 5.45. The van der Waals surface area contributed by atoms with Crippen molar-refractivity contribution in [1.29, 1.82) is 0 Å². The molecule has 3 heterocycles. The molecule has 0 aromatic carbocycles. The van der Waals surface area contributed by atoms with E-state index in [1.54, 1.807) is 23.0 Å². The quantitative estimate of drug-likeness (QED) is 0.859. The molecule has 3 rings (SSSR count). The number of rotatable bonds is 2. The van der Waals surface area contributed by atoms with Crippen molar-refractivity contribution in [3.05, 3.63) is 35.8 Å².